The first-order chi connectivity index (χ1) is 8.99. The molecular formula is C15H20N2O2. The van der Waals surface area contributed by atoms with E-state index in [4.69, 9.17) is 0 Å². The van der Waals surface area contributed by atoms with Gasteiger partial charge in [-0.25, -0.2) is 0 Å². The monoisotopic (exact) mass is 260 g/mol. The number of nitrogens with zero attached hydrogens (tertiary/aromatic N) is 2. The zero-order valence-electron chi connectivity index (χ0n) is 11.6. The molecule has 1 saturated heterocycles. The molecule has 4 heteroatoms. The number of aromatic nitrogens is 1. The number of piperidine rings is 1. The number of Topliss-reactive ketones (excluding diaryl/α,β-unsaturated/α-hetero) is 1. The number of pyridine rings is 1. The molecule has 0 saturated carbocycles. The van der Waals surface area contributed by atoms with E-state index in [1.165, 1.54) is 0 Å². The predicted molar refractivity (Wildman–Crippen MR) is 72.6 cm³/mol. The molecule has 0 bridgehead atoms. The summed E-state index contributed by atoms with van der Waals surface area (Å²) in [5, 5.41) is 0. The maximum absolute atomic E-state index is 12.3. The van der Waals surface area contributed by atoms with Gasteiger partial charge in [0.1, 0.15) is 5.78 Å². The first kappa shape index (κ1) is 13.7. The molecule has 2 rings (SSSR count). The topological polar surface area (TPSA) is 50.3 Å². The Morgan fingerprint density at radius 2 is 2.26 bits per heavy atom. The normalized spacial score (nSPS) is 18.4. The lowest BCUT2D eigenvalue weighted by Gasteiger charge is -2.41. The Balaban J connectivity index is 1.94. The lowest BCUT2D eigenvalue weighted by atomic mass is 9.89. The Morgan fingerprint density at radius 3 is 2.89 bits per heavy atom. The minimum absolute atomic E-state index is 0.126. The quantitative estimate of drug-likeness (QED) is 0.835. The van der Waals surface area contributed by atoms with Crippen molar-refractivity contribution in [3.05, 3.63) is 30.1 Å². The van der Waals surface area contributed by atoms with Gasteiger partial charge in [0, 0.05) is 43.7 Å². The van der Waals surface area contributed by atoms with E-state index in [0.29, 0.717) is 32.2 Å². The maximum atomic E-state index is 12.3. The van der Waals surface area contributed by atoms with Crippen molar-refractivity contribution in [2.24, 2.45) is 0 Å². The number of ketones is 1. The van der Waals surface area contributed by atoms with Crippen LogP contribution < -0.4 is 0 Å². The van der Waals surface area contributed by atoms with Crippen LogP contribution in [0, 0.1) is 0 Å². The molecule has 1 fully saturated rings. The lowest BCUT2D eigenvalue weighted by Crippen LogP contribution is -2.53. The fraction of sp³-hybridized carbons (Fsp3) is 0.533. The van der Waals surface area contributed by atoms with Gasteiger partial charge < -0.3 is 4.90 Å². The summed E-state index contributed by atoms with van der Waals surface area (Å²) >= 11 is 0. The van der Waals surface area contributed by atoms with Gasteiger partial charge in [0.2, 0.25) is 5.91 Å². The van der Waals surface area contributed by atoms with E-state index < -0.39 is 0 Å². The summed E-state index contributed by atoms with van der Waals surface area (Å²) in [5.74, 6) is 0.377. The minimum Gasteiger partial charge on any atom is -0.337 e. The molecule has 0 unspecified atom stereocenters. The van der Waals surface area contributed by atoms with Crippen LogP contribution in [0.25, 0.3) is 0 Å². The molecule has 102 valence electrons. The van der Waals surface area contributed by atoms with Crippen molar-refractivity contribution < 1.29 is 9.59 Å². The number of hydrogen-bond donors (Lipinski definition) is 0. The van der Waals surface area contributed by atoms with Crippen molar-refractivity contribution in [1.29, 1.82) is 0 Å². The van der Waals surface area contributed by atoms with Gasteiger partial charge in [-0.2, -0.15) is 0 Å². The molecule has 1 aromatic heterocycles. The highest BCUT2D eigenvalue weighted by Crippen LogP contribution is 2.26. The molecule has 0 spiro atoms. The van der Waals surface area contributed by atoms with Gasteiger partial charge >= 0.3 is 0 Å². The zero-order chi connectivity index (χ0) is 13.9. The summed E-state index contributed by atoms with van der Waals surface area (Å²) in [5.41, 5.74) is 0.725. The van der Waals surface area contributed by atoms with Gasteiger partial charge in [-0.1, -0.05) is 6.07 Å². The molecule has 1 amide bonds. The summed E-state index contributed by atoms with van der Waals surface area (Å²) in [7, 11) is 0. The summed E-state index contributed by atoms with van der Waals surface area (Å²) in [6, 6.07) is 3.86. The van der Waals surface area contributed by atoms with E-state index in [2.05, 4.69) is 4.98 Å². The zero-order valence-corrected chi connectivity index (χ0v) is 11.6. The van der Waals surface area contributed by atoms with Gasteiger partial charge in [-0.15, -0.1) is 0 Å². The van der Waals surface area contributed by atoms with Gasteiger partial charge in [-0.3, -0.25) is 14.6 Å². The SMILES string of the molecule is CC1(C)CC(=O)CCN1C(=O)CCc1cccnc1. The Hall–Kier alpha value is -1.71. The maximum Gasteiger partial charge on any atom is 0.223 e. The van der Waals surface area contributed by atoms with Crippen LogP contribution in [0.2, 0.25) is 0 Å². The molecular weight excluding hydrogens is 240 g/mol. The summed E-state index contributed by atoms with van der Waals surface area (Å²) in [6.45, 7) is 4.48. The minimum atomic E-state index is -0.346. The van der Waals surface area contributed by atoms with Crippen LogP contribution in [0.5, 0.6) is 0 Å². The highest BCUT2D eigenvalue weighted by Gasteiger charge is 2.36. The lowest BCUT2D eigenvalue weighted by molar-refractivity contribution is -0.142. The average Bonchev–Trinajstić information content (AvgIpc) is 2.36. The van der Waals surface area contributed by atoms with Crippen molar-refractivity contribution >= 4 is 11.7 Å². The second-order valence-corrected chi connectivity index (χ2v) is 5.68. The van der Waals surface area contributed by atoms with Gasteiger partial charge in [0.15, 0.2) is 0 Å². The van der Waals surface area contributed by atoms with Crippen molar-refractivity contribution in [2.75, 3.05) is 6.54 Å². The predicted octanol–water partition coefficient (Wildman–Crippen LogP) is 1.98. The van der Waals surface area contributed by atoms with Gasteiger partial charge in [-0.05, 0) is 31.9 Å². The van der Waals surface area contributed by atoms with Crippen molar-refractivity contribution in [1.82, 2.24) is 9.88 Å². The average molecular weight is 260 g/mol. The van der Waals surface area contributed by atoms with E-state index in [1.807, 2.05) is 30.9 Å². The van der Waals surface area contributed by atoms with E-state index in [0.717, 1.165) is 5.56 Å². The summed E-state index contributed by atoms with van der Waals surface area (Å²) < 4.78 is 0. The van der Waals surface area contributed by atoms with Crippen molar-refractivity contribution in [3.8, 4) is 0 Å². The summed E-state index contributed by atoms with van der Waals surface area (Å²) in [6.07, 6.45) is 5.65. The van der Waals surface area contributed by atoms with E-state index >= 15 is 0 Å². The number of aryl methyl sites for hydroxylation is 1. The summed E-state index contributed by atoms with van der Waals surface area (Å²) in [4.78, 5) is 29.7. The molecule has 19 heavy (non-hydrogen) atoms. The number of likely N-dealkylation sites (tertiary alicyclic amines) is 1. The fourth-order valence-electron chi connectivity index (χ4n) is 2.60. The molecule has 2 heterocycles. The van der Waals surface area contributed by atoms with Crippen LogP contribution in [-0.2, 0) is 16.0 Å². The van der Waals surface area contributed by atoms with Crippen LogP contribution in [-0.4, -0.2) is 33.7 Å². The molecule has 0 radical (unpaired) electrons. The number of carbonyl (C=O) groups is 2. The smallest absolute Gasteiger partial charge is 0.223 e. The van der Waals surface area contributed by atoms with Crippen LogP contribution >= 0.6 is 0 Å². The third-order valence-electron chi connectivity index (χ3n) is 3.63. The van der Waals surface area contributed by atoms with Crippen LogP contribution in [0.4, 0.5) is 0 Å². The second kappa shape index (κ2) is 5.51. The fourth-order valence-corrected chi connectivity index (χ4v) is 2.60. The van der Waals surface area contributed by atoms with Crippen molar-refractivity contribution in [2.45, 2.75) is 45.1 Å². The Bertz CT molecular complexity index is 468. The van der Waals surface area contributed by atoms with Gasteiger partial charge in [0.25, 0.3) is 0 Å². The molecule has 0 aromatic carbocycles. The third kappa shape index (κ3) is 3.40. The van der Waals surface area contributed by atoms with Gasteiger partial charge in [0.05, 0.1) is 0 Å². The number of carbonyl (C=O) groups excluding carboxylic acids is 2. The number of hydrogen-bond acceptors (Lipinski definition) is 3. The highest BCUT2D eigenvalue weighted by atomic mass is 16.2. The molecule has 0 atom stereocenters. The van der Waals surface area contributed by atoms with Crippen LogP contribution in [0.15, 0.2) is 24.5 Å². The molecule has 4 nitrogen and oxygen atoms in total. The largest absolute Gasteiger partial charge is 0.337 e. The number of rotatable bonds is 3. The first-order valence-corrected chi connectivity index (χ1v) is 6.70. The Kier molecular flexibility index (Phi) is 3.98. The first-order valence-electron chi connectivity index (χ1n) is 6.70. The molecule has 1 aliphatic rings. The Labute approximate surface area is 113 Å². The number of amides is 1. The van der Waals surface area contributed by atoms with E-state index in [-0.39, 0.29) is 17.2 Å². The van der Waals surface area contributed by atoms with Crippen LogP contribution in [0.3, 0.4) is 0 Å². The van der Waals surface area contributed by atoms with E-state index in [1.54, 1.807) is 12.4 Å². The molecule has 1 aliphatic heterocycles. The van der Waals surface area contributed by atoms with E-state index in [9.17, 15) is 9.59 Å². The third-order valence-corrected chi connectivity index (χ3v) is 3.63. The standard InChI is InChI=1S/C15H20N2O2/c1-15(2)10-13(18)7-9-17(15)14(19)6-5-12-4-3-8-16-11-12/h3-4,8,11H,5-7,9-10H2,1-2H3. The second-order valence-electron chi connectivity index (χ2n) is 5.68. The van der Waals surface area contributed by atoms with Crippen molar-refractivity contribution in [3.63, 3.8) is 0 Å². The highest BCUT2D eigenvalue weighted by molar-refractivity contribution is 5.85. The molecule has 0 N–H and O–H groups in total. The molecule has 1 aromatic rings. The van der Waals surface area contributed by atoms with Crippen LogP contribution in [0.1, 0.15) is 38.7 Å². The Morgan fingerprint density at radius 1 is 1.47 bits per heavy atom. The molecule has 0 aliphatic carbocycles.